The molecule has 0 bridgehead atoms. The second kappa shape index (κ2) is 6.26. The van der Waals surface area contributed by atoms with E-state index in [0.717, 1.165) is 11.8 Å². The van der Waals surface area contributed by atoms with Crippen LogP contribution in [0.1, 0.15) is 13.8 Å². The number of fused-ring (bicyclic) bond motifs is 1. The fourth-order valence-corrected chi connectivity index (χ4v) is 3.51. The second-order valence-electron chi connectivity index (χ2n) is 5.30. The molecule has 6 nitrogen and oxygen atoms in total. The van der Waals surface area contributed by atoms with Gasteiger partial charge in [0.25, 0.3) is 0 Å². The van der Waals surface area contributed by atoms with Crippen molar-refractivity contribution in [3.8, 4) is 0 Å². The van der Waals surface area contributed by atoms with E-state index < -0.39 is 15.8 Å². The summed E-state index contributed by atoms with van der Waals surface area (Å²) in [6.07, 6.45) is 1.11. The molecule has 1 aromatic heterocycles. The number of carbonyl (C=O) groups is 1. The van der Waals surface area contributed by atoms with Gasteiger partial charge < -0.3 is 4.57 Å². The number of aryl methyl sites for hydroxylation is 1. The molecule has 2 aromatic rings. The molecule has 1 atom stereocenters. The van der Waals surface area contributed by atoms with Gasteiger partial charge in [0.05, 0.1) is 16.8 Å². The molecular formula is C14H18ClN3O3S. The maximum Gasteiger partial charge on any atom is 0.230 e. The third-order valence-corrected chi connectivity index (χ3v) is 4.60. The van der Waals surface area contributed by atoms with E-state index in [1.54, 1.807) is 19.1 Å². The number of hydrogen-bond donors (Lipinski definition) is 1. The maximum atomic E-state index is 12.1. The average Bonchev–Trinajstić information content (AvgIpc) is 2.72. The molecule has 22 heavy (non-hydrogen) atoms. The number of anilines is 1. The van der Waals surface area contributed by atoms with Crippen molar-refractivity contribution < 1.29 is 13.2 Å². The predicted octanol–water partition coefficient (Wildman–Crippen LogP) is 2.33. The normalized spacial score (nSPS) is 13.3. The van der Waals surface area contributed by atoms with E-state index in [1.165, 1.54) is 0 Å². The molecular weight excluding hydrogens is 326 g/mol. The van der Waals surface area contributed by atoms with Crippen LogP contribution in [-0.2, 0) is 21.2 Å². The molecule has 0 saturated heterocycles. The second-order valence-corrected chi connectivity index (χ2v) is 7.92. The monoisotopic (exact) mass is 343 g/mol. The number of carbonyl (C=O) groups excluding carboxylic acids is 1. The van der Waals surface area contributed by atoms with Crippen molar-refractivity contribution in [2.45, 2.75) is 20.4 Å². The van der Waals surface area contributed by atoms with Crippen LogP contribution in [0.15, 0.2) is 18.2 Å². The molecule has 1 unspecified atom stereocenters. The highest BCUT2D eigenvalue weighted by atomic mass is 35.5. The Bertz CT molecular complexity index is 814. The highest BCUT2D eigenvalue weighted by Gasteiger charge is 2.20. The largest absolute Gasteiger partial charge is 0.310 e. The Labute approximate surface area is 134 Å². The van der Waals surface area contributed by atoms with Crippen molar-refractivity contribution in [2.75, 3.05) is 17.3 Å². The van der Waals surface area contributed by atoms with Crippen LogP contribution in [0, 0.1) is 5.92 Å². The molecule has 1 N–H and O–H groups in total. The summed E-state index contributed by atoms with van der Waals surface area (Å²) >= 11 is 5.95. The minimum atomic E-state index is -3.21. The molecule has 120 valence electrons. The molecule has 0 fully saturated rings. The summed E-state index contributed by atoms with van der Waals surface area (Å²) in [5.74, 6) is -0.827. The number of aromatic nitrogens is 2. The van der Waals surface area contributed by atoms with Gasteiger partial charge in [0, 0.05) is 23.7 Å². The molecule has 0 radical (unpaired) electrons. The summed E-state index contributed by atoms with van der Waals surface area (Å²) in [7, 11) is -3.21. The Kier molecular flexibility index (Phi) is 4.77. The van der Waals surface area contributed by atoms with E-state index in [4.69, 9.17) is 11.6 Å². The highest BCUT2D eigenvalue weighted by Crippen LogP contribution is 2.23. The molecule has 0 aliphatic heterocycles. The fraction of sp³-hybridized carbons (Fsp3) is 0.429. The van der Waals surface area contributed by atoms with Gasteiger partial charge in [-0.25, -0.2) is 13.4 Å². The molecule has 0 aliphatic rings. The average molecular weight is 344 g/mol. The quantitative estimate of drug-likeness (QED) is 0.903. The number of sulfone groups is 1. The van der Waals surface area contributed by atoms with Crippen LogP contribution in [0.3, 0.4) is 0 Å². The third kappa shape index (κ3) is 3.78. The number of imidazole rings is 1. The standard InChI is InChI=1S/C14H18ClN3O3S/c1-4-18-12-6-5-10(15)7-11(12)16-14(18)17-13(19)9(2)8-22(3,20)21/h5-7,9H,4,8H2,1-3H3,(H,16,17,19). The van der Waals surface area contributed by atoms with Crippen LogP contribution in [0.2, 0.25) is 5.02 Å². The lowest BCUT2D eigenvalue weighted by molar-refractivity contribution is -0.118. The first-order chi connectivity index (χ1) is 10.2. The lowest BCUT2D eigenvalue weighted by atomic mass is 10.2. The third-order valence-electron chi connectivity index (χ3n) is 3.26. The molecule has 2 rings (SSSR count). The first kappa shape index (κ1) is 16.8. The van der Waals surface area contributed by atoms with Crippen molar-refractivity contribution in [1.82, 2.24) is 9.55 Å². The number of hydrogen-bond acceptors (Lipinski definition) is 4. The number of rotatable bonds is 5. The van der Waals surface area contributed by atoms with E-state index in [2.05, 4.69) is 10.3 Å². The van der Waals surface area contributed by atoms with Crippen LogP contribution in [0.4, 0.5) is 5.95 Å². The van der Waals surface area contributed by atoms with Gasteiger partial charge in [0.2, 0.25) is 11.9 Å². The molecule has 1 amide bonds. The van der Waals surface area contributed by atoms with Crippen molar-refractivity contribution in [1.29, 1.82) is 0 Å². The zero-order chi connectivity index (χ0) is 16.5. The Hall–Kier alpha value is -1.60. The smallest absolute Gasteiger partial charge is 0.230 e. The van der Waals surface area contributed by atoms with Gasteiger partial charge in [0.1, 0.15) is 9.84 Å². The lowest BCUT2D eigenvalue weighted by Gasteiger charge is -2.12. The van der Waals surface area contributed by atoms with Crippen LogP contribution >= 0.6 is 11.6 Å². The van der Waals surface area contributed by atoms with Crippen molar-refractivity contribution in [3.05, 3.63) is 23.2 Å². The van der Waals surface area contributed by atoms with Gasteiger partial charge in [-0.15, -0.1) is 0 Å². The van der Waals surface area contributed by atoms with E-state index in [9.17, 15) is 13.2 Å². The van der Waals surface area contributed by atoms with Gasteiger partial charge in [-0.1, -0.05) is 18.5 Å². The topological polar surface area (TPSA) is 81.1 Å². The van der Waals surface area contributed by atoms with Crippen LogP contribution in [0.5, 0.6) is 0 Å². The van der Waals surface area contributed by atoms with Gasteiger partial charge in [-0.2, -0.15) is 0 Å². The Morgan fingerprint density at radius 3 is 2.73 bits per heavy atom. The van der Waals surface area contributed by atoms with E-state index >= 15 is 0 Å². The lowest BCUT2D eigenvalue weighted by Crippen LogP contribution is -2.27. The molecule has 0 aliphatic carbocycles. The number of benzene rings is 1. The molecule has 1 heterocycles. The van der Waals surface area contributed by atoms with Crippen LogP contribution < -0.4 is 5.32 Å². The minimum absolute atomic E-state index is 0.197. The molecule has 8 heteroatoms. The van der Waals surface area contributed by atoms with Crippen molar-refractivity contribution >= 4 is 44.3 Å². The number of nitrogens with one attached hydrogen (secondary N) is 1. The predicted molar refractivity (Wildman–Crippen MR) is 87.9 cm³/mol. The fourth-order valence-electron chi connectivity index (χ4n) is 2.28. The Morgan fingerprint density at radius 2 is 2.14 bits per heavy atom. The summed E-state index contributed by atoms with van der Waals surface area (Å²) in [6.45, 7) is 4.13. The zero-order valence-electron chi connectivity index (χ0n) is 12.6. The molecule has 1 aromatic carbocycles. The molecule has 0 saturated carbocycles. The summed E-state index contributed by atoms with van der Waals surface area (Å²) in [5.41, 5.74) is 1.54. The first-order valence-corrected chi connectivity index (χ1v) is 9.29. The minimum Gasteiger partial charge on any atom is -0.310 e. The first-order valence-electron chi connectivity index (χ1n) is 6.85. The van der Waals surface area contributed by atoms with Crippen LogP contribution in [0.25, 0.3) is 11.0 Å². The van der Waals surface area contributed by atoms with Crippen molar-refractivity contribution in [3.63, 3.8) is 0 Å². The number of amides is 1. The van der Waals surface area contributed by atoms with Gasteiger partial charge in [0.15, 0.2) is 0 Å². The summed E-state index contributed by atoms with van der Waals surface area (Å²) in [6, 6.07) is 5.32. The summed E-state index contributed by atoms with van der Waals surface area (Å²) in [4.78, 5) is 16.5. The van der Waals surface area contributed by atoms with E-state index in [-0.39, 0.29) is 11.7 Å². The van der Waals surface area contributed by atoms with E-state index in [1.807, 2.05) is 17.6 Å². The Balaban J connectivity index is 2.29. The summed E-state index contributed by atoms with van der Waals surface area (Å²) in [5, 5.41) is 3.26. The molecule has 0 spiro atoms. The van der Waals surface area contributed by atoms with Gasteiger partial charge >= 0.3 is 0 Å². The van der Waals surface area contributed by atoms with Gasteiger partial charge in [-0.05, 0) is 25.1 Å². The van der Waals surface area contributed by atoms with Crippen molar-refractivity contribution in [2.24, 2.45) is 5.92 Å². The highest BCUT2D eigenvalue weighted by molar-refractivity contribution is 7.90. The zero-order valence-corrected chi connectivity index (χ0v) is 14.2. The maximum absolute atomic E-state index is 12.1. The Morgan fingerprint density at radius 1 is 1.45 bits per heavy atom. The van der Waals surface area contributed by atoms with E-state index in [0.29, 0.717) is 23.0 Å². The van der Waals surface area contributed by atoms with Gasteiger partial charge in [-0.3, -0.25) is 10.1 Å². The number of halogens is 1. The number of nitrogens with zero attached hydrogens (tertiary/aromatic N) is 2. The van der Waals surface area contributed by atoms with Crippen LogP contribution in [-0.4, -0.2) is 35.9 Å². The summed E-state index contributed by atoms with van der Waals surface area (Å²) < 4.78 is 24.4. The SMILES string of the molecule is CCn1c(NC(=O)C(C)CS(C)(=O)=O)nc2cc(Cl)ccc21.